The molecule has 0 aliphatic carbocycles. The number of amides is 1. The average Bonchev–Trinajstić information content (AvgIpc) is 2.33. The summed E-state index contributed by atoms with van der Waals surface area (Å²) in [5.74, 6) is -0.738. The Bertz CT molecular complexity index is 432. The van der Waals surface area contributed by atoms with E-state index in [2.05, 4.69) is 4.74 Å². The molecule has 0 spiro atoms. The normalized spacial score (nSPS) is 9.89. The molecule has 18 heavy (non-hydrogen) atoms. The molecule has 1 rings (SSSR count). The minimum Gasteiger partial charge on any atom is -0.468 e. The summed E-state index contributed by atoms with van der Waals surface area (Å²) in [6.45, 7) is 2.47. The van der Waals surface area contributed by atoms with Crippen molar-refractivity contribution in [3.05, 3.63) is 29.8 Å². The van der Waals surface area contributed by atoms with E-state index in [-0.39, 0.29) is 18.9 Å². The van der Waals surface area contributed by atoms with Crippen LogP contribution in [0.15, 0.2) is 24.3 Å². The number of carbonyl (C=O) groups excluding carboxylic acids is 2. The van der Waals surface area contributed by atoms with Crippen molar-refractivity contribution >= 4 is 17.6 Å². The molecule has 0 aliphatic heterocycles. The van der Waals surface area contributed by atoms with E-state index in [9.17, 15) is 9.59 Å². The molecular weight excluding hydrogens is 232 g/mol. The third-order valence-electron chi connectivity index (χ3n) is 2.54. The molecule has 0 aliphatic rings. The number of rotatable bonds is 6. The molecular formula is C13H18N2O3. The Balaban J connectivity index is 2.81. The summed E-state index contributed by atoms with van der Waals surface area (Å²) in [4.78, 5) is 24.0. The van der Waals surface area contributed by atoms with Gasteiger partial charge in [0.05, 0.1) is 7.11 Å². The van der Waals surface area contributed by atoms with Crippen molar-refractivity contribution in [2.24, 2.45) is 5.73 Å². The van der Waals surface area contributed by atoms with Gasteiger partial charge in [0.1, 0.15) is 6.54 Å². The molecule has 0 saturated heterocycles. The fraction of sp³-hybridized carbons (Fsp3) is 0.385. The number of primary amides is 1. The van der Waals surface area contributed by atoms with Crippen molar-refractivity contribution in [1.29, 1.82) is 0 Å². The molecule has 0 saturated carbocycles. The van der Waals surface area contributed by atoms with E-state index in [1.54, 1.807) is 4.90 Å². The zero-order valence-electron chi connectivity index (χ0n) is 10.7. The molecule has 0 unspecified atom stereocenters. The molecule has 0 fully saturated rings. The van der Waals surface area contributed by atoms with Crippen LogP contribution in [0.1, 0.15) is 12.0 Å². The highest BCUT2D eigenvalue weighted by Crippen LogP contribution is 2.16. The Kier molecular flexibility index (Phi) is 5.17. The van der Waals surface area contributed by atoms with Crippen LogP contribution in [-0.4, -0.2) is 32.1 Å². The molecule has 0 heterocycles. The van der Waals surface area contributed by atoms with E-state index < -0.39 is 5.91 Å². The summed E-state index contributed by atoms with van der Waals surface area (Å²) < 4.78 is 4.64. The Morgan fingerprint density at radius 3 is 2.67 bits per heavy atom. The summed E-state index contributed by atoms with van der Waals surface area (Å²) in [5.41, 5.74) is 7.09. The third-order valence-corrected chi connectivity index (χ3v) is 2.54. The van der Waals surface area contributed by atoms with E-state index >= 15 is 0 Å². The number of hydrogen-bond acceptors (Lipinski definition) is 4. The van der Waals surface area contributed by atoms with Gasteiger partial charge in [-0.15, -0.1) is 0 Å². The number of hydrogen-bond donors (Lipinski definition) is 1. The summed E-state index contributed by atoms with van der Waals surface area (Å²) in [5, 5.41) is 0. The van der Waals surface area contributed by atoms with Crippen LogP contribution in [0.2, 0.25) is 0 Å². The number of benzene rings is 1. The maximum atomic E-state index is 11.3. The Labute approximate surface area is 107 Å². The molecule has 0 atom stereocenters. The highest BCUT2D eigenvalue weighted by Gasteiger charge is 2.12. The predicted octanol–water partition coefficient (Wildman–Crippen LogP) is 0.850. The smallest absolute Gasteiger partial charge is 0.325 e. The van der Waals surface area contributed by atoms with E-state index in [1.807, 2.05) is 31.2 Å². The average molecular weight is 250 g/mol. The lowest BCUT2D eigenvalue weighted by atomic mass is 10.2. The minimum absolute atomic E-state index is 0.104. The summed E-state index contributed by atoms with van der Waals surface area (Å²) in [7, 11) is 1.34. The molecule has 5 heteroatoms. The number of nitrogens with two attached hydrogens (primary N) is 1. The van der Waals surface area contributed by atoms with Crippen LogP contribution in [0.3, 0.4) is 0 Å². The van der Waals surface area contributed by atoms with Gasteiger partial charge in [-0.05, 0) is 24.6 Å². The van der Waals surface area contributed by atoms with Crippen LogP contribution in [0, 0.1) is 6.92 Å². The molecule has 0 radical (unpaired) electrons. The van der Waals surface area contributed by atoms with Crippen LogP contribution in [0.25, 0.3) is 0 Å². The maximum Gasteiger partial charge on any atom is 0.325 e. The topological polar surface area (TPSA) is 72.6 Å². The SMILES string of the molecule is COC(=O)CN(CCC(N)=O)c1cccc(C)c1. The van der Waals surface area contributed by atoms with Crippen molar-refractivity contribution < 1.29 is 14.3 Å². The second kappa shape index (κ2) is 6.64. The monoisotopic (exact) mass is 250 g/mol. The first-order valence-corrected chi connectivity index (χ1v) is 5.69. The minimum atomic E-state index is -0.391. The van der Waals surface area contributed by atoms with Gasteiger partial charge in [-0.25, -0.2) is 0 Å². The van der Waals surface area contributed by atoms with Crippen LogP contribution in [0.4, 0.5) is 5.69 Å². The van der Waals surface area contributed by atoms with Crippen molar-refractivity contribution in [3.63, 3.8) is 0 Å². The number of aryl methyl sites for hydroxylation is 1. The number of anilines is 1. The number of carbonyl (C=O) groups is 2. The largest absolute Gasteiger partial charge is 0.468 e. The number of esters is 1. The van der Waals surface area contributed by atoms with Crippen molar-refractivity contribution in [2.45, 2.75) is 13.3 Å². The first-order valence-electron chi connectivity index (χ1n) is 5.69. The standard InChI is InChI=1S/C13H18N2O3/c1-10-4-3-5-11(8-10)15(7-6-12(14)16)9-13(17)18-2/h3-5,8H,6-7,9H2,1-2H3,(H2,14,16). The van der Waals surface area contributed by atoms with Gasteiger partial charge in [-0.2, -0.15) is 0 Å². The molecule has 0 bridgehead atoms. The fourth-order valence-corrected chi connectivity index (χ4v) is 1.59. The van der Waals surface area contributed by atoms with E-state index in [0.717, 1.165) is 11.3 Å². The van der Waals surface area contributed by atoms with Gasteiger partial charge in [0, 0.05) is 18.7 Å². The zero-order valence-corrected chi connectivity index (χ0v) is 10.7. The van der Waals surface area contributed by atoms with Gasteiger partial charge < -0.3 is 15.4 Å². The molecule has 1 aromatic rings. The second-order valence-corrected chi connectivity index (χ2v) is 4.05. The summed E-state index contributed by atoms with van der Waals surface area (Å²) in [6, 6.07) is 7.70. The van der Waals surface area contributed by atoms with Crippen LogP contribution in [0.5, 0.6) is 0 Å². The van der Waals surface area contributed by atoms with Crippen molar-refractivity contribution in [2.75, 3.05) is 25.1 Å². The van der Waals surface area contributed by atoms with Gasteiger partial charge in [0.25, 0.3) is 0 Å². The summed E-state index contributed by atoms with van der Waals surface area (Å²) >= 11 is 0. The zero-order chi connectivity index (χ0) is 13.5. The first kappa shape index (κ1) is 14.0. The van der Waals surface area contributed by atoms with Gasteiger partial charge in [0.2, 0.25) is 5.91 Å². The maximum absolute atomic E-state index is 11.3. The highest BCUT2D eigenvalue weighted by molar-refractivity contribution is 5.77. The van der Waals surface area contributed by atoms with Gasteiger partial charge >= 0.3 is 5.97 Å². The van der Waals surface area contributed by atoms with Crippen LogP contribution in [-0.2, 0) is 14.3 Å². The highest BCUT2D eigenvalue weighted by atomic mass is 16.5. The van der Waals surface area contributed by atoms with Crippen molar-refractivity contribution in [1.82, 2.24) is 0 Å². The lowest BCUT2D eigenvalue weighted by Crippen LogP contribution is -2.33. The molecule has 1 aromatic carbocycles. The van der Waals surface area contributed by atoms with Crippen LogP contribution < -0.4 is 10.6 Å². The van der Waals surface area contributed by atoms with E-state index in [1.165, 1.54) is 7.11 Å². The summed E-state index contributed by atoms with van der Waals surface area (Å²) in [6.07, 6.45) is 0.199. The van der Waals surface area contributed by atoms with Gasteiger partial charge in [-0.3, -0.25) is 9.59 Å². The molecule has 98 valence electrons. The first-order chi connectivity index (χ1) is 8.52. The second-order valence-electron chi connectivity index (χ2n) is 4.05. The molecule has 0 aromatic heterocycles. The lowest BCUT2D eigenvalue weighted by molar-refractivity contribution is -0.139. The Morgan fingerprint density at radius 1 is 1.39 bits per heavy atom. The van der Waals surface area contributed by atoms with Gasteiger partial charge in [-0.1, -0.05) is 12.1 Å². The quantitative estimate of drug-likeness (QED) is 0.760. The number of nitrogens with zero attached hydrogens (tertiary/aromatic N) is 1. The lowest BCUT2D eigenvalue weighted by Gasteiger charge is -2.23. The van der Waals surface area contributed by atoms with Crippen molar-refractivity contribution in [3.8, 4) is 0 Å². The fourth-order valence-electron chi connectivity index (χ4n) is 1.59. The Hall–Kier alpha value is -2.04. The van der Waals surface area contributed by atoms with Crippen LogP contribution >= 0.6 is 0 Å². The van der Waals surface area contributed by atoms with E-state index in [4.69, 9.17) is 5.73 Å². The number of ether oxygens (including phenoxy) is 1. The van der Waals surface area contributed by atoms with E-state index in [0.29, 0.717) is 6.54 Å². The molecule has 5 nitrogen and oxygen atoms in total. The number of methoxy groups -OCH3 is 1. The molecule has 2 N–H and O–H groups in total. The molecule has 1 amide bonds. The predicted molar refractivity (Wildman–Crippen MR) is 69.2 cm³/mol. The Morgan fingerprint density at radius 2 is 2.11 bits per heavy atom. The third kappa shape index (κ3) is 4.45. The van der Waals surface area contributed by atoms with Gasteiger partial charge in [0.15, 0.2) is 0 Å².